The molecule has 0 radical (unpaired) electrons. The summed E-state index contributed by atoms with van der Waals surface area (Å²) in [7, 11) is 0. The molecule has 1 aliphatic heterocycles. The molecule has 1 aromatic heterocycles. The van der Waals surface area contributed by atoms with Crippen LogP contribution in [0.1, 0.15) is 18.4 Å². The molecule has 2 aromatic carbocycles. The number of nitrogens with one attached hydrogen (secondary N) is 1. The molecule has 0 amide bonds. The zero-order chi connectivity index (χ0) is 17.4. The van der Waals surface area contributed by atoms with Gasteiger partial charge in [0.2, 0.25) is 0 Å². The number of fused-ring (bicyclic) bond motifs is 1. The molecule has 25 heavy (non-hydrogen) atoms. The number of anilines is 1. The lowest BCUT2D eigenvalue weighted by molar-refractivity contribution is 0.630. The molecule has 0 aliphatic carbocycles. The lowest BCUT2D eigenvalue weighted by Gasteiger charge is -2.10. The Labute approximate surface area is 155 Å². The van der Waals surface area contributed by atoms with Gasteiger partial charge in [-0.3, -0.25) is 0 Å². The smallest absolute Gasteiger partial charge is 0.133 e. The van der Waals surface area contributed by atoms with Crippen LogP contribution in [0.4, 0.5) is 10.2 Å². The first-order valence-electron chi connectivity index (χ1n) is 8.20. The predicted octanol–water partition coefficient (Wildman–Crippen LogP) is 5.73. The fourth-order valence-electron chi connectivity index (χ4n) is 3.22. The molecule has 0 saturated carbocycles. The van der Waals surface area contributed by atoms with Gasteiger partial charge in [-0.2, -0.15) is 5.10 Å². The van der Waals surface area contributed by atoms with Gasteiger partial charge in [0.15, 0.2) is 0 Å². The van der Waals surface area contributed by atoms with Crippen molar-refractivity contribution in [3.8, 4) is 16.9 Å². The van der Waals surface area contributed by atoms with Crippen molar-refractivity contribution in [2.45, 2.75) is 19.3 Å². The van der Waals surface area contributed by atoms with E-state index in [0.717, 1.165) is 42.9 Å². The van der Waals surface area contributed by atoms with Gasteiger partial charge in [-0.15, -0.1) is 0 Å². The maximum Gasteiger partial charge on any atom is 0.133 e. The van der Waals surface area contributed by atoms with Crippen molar-refractivity contribution in [1.29, 1.82) is 0 Å². The first kappa shape index (κ1) is 16.4. The number of hydrogen-bond donors (Lipinski definition) is 1. The molecule has 0 fully saturated rings. The van der Waals surface area contributed by atoms with Crippen molar-refractivity contribution in [2.75, 3.05) is 11.9 Å². The van der Waals surface area contributed by atoms with Gasteiger partial charge in [0.1, 0.15) is 17.3 Å². The number of halogens is 3. The minimum absolute atomic E-state index is 0.275. The van der Waals surface area contributed by atoms with Crippen molar-refractivity contribution in [2.24, 2.45) is 0 Å². The minimum Gasteiger partial charge on any atom is -0.370 e. The minimum atomic E-state index is -0.275. The lowest BCUT2D eigenvalue weighted by Crippen LogP contribution is -2.07. The number of nitrogens with zero attached hydrogens (tertiary/aromatic N) is 2. The average Bonchev–Trinajstić information content (AvgIpc) is 2.76. The van der Waals surface area contributed by atoms with Crippen molar-refractivity contribution in [3.63, 3.8) is 0 Å². The highest BCUT2D eigenvalue weighted by molar-refractivity contribution is 6.34. The first-order chi connectivity index (χ1) is 12.1. The van der Waals surface area contributed by atoms with Gasteiger partial charge in [0.05, 0.1) is 5.69 Å². The van der Waals surface area contributed by atoms with E-state index in [9.17, 15) is 4.39 Å². The summed E-state index contributed by atoms with van der Waals surface area (Å²) in [6.45, 7) is 0.851. The molecule has 128 valence electrons. The van der Waals surface area contributed by atoms with Gasteiger partial charge in [-0.1, -0.05) is 35.3 Å². The normalized spacial score (nSPS) is 13.9. The van der Waals surface area contributed by atoms with E-state index >= 15 is 0 Å². The maximum absolute atomic E-state index is 14.4. The van der Waals surface area contributed by atoms with Crippen LogP contribution in [-0.2, 0) is 6.42 Å². The Morgan fingerprint density at radius 2 is 1.80 bits per heavy atom. The van der Waals surface area contributed by atoms with Crippen LogP contribution in [0.5, 0.6) is 0 Å². The standard InChI is InChI=1S/C19H16Cl2FN3/c20-12-9-13(21)11-14(10-12)25-19-16(6-3-4-8-23-19)18(24-25)15-5-1-2-7-17(15)22/h1-2,5,7,9-11,23H,3-4,6,8H2. The van der Waals surface area contributed by atoms with E-state index in [4.69, 9.17) is 28.3 Å². The molecule has 0 atom stereocenters. The van der Waals surface area contributed by atoms with Gasteiger partial charge >= 0.3 is 0 Å². The summed E-state index contributed by atoms with van der Waals surface area (Å²) in [5, 5.41) is 9.22. The summed E-state index contributed by atoms with van der Waals surface area (Å²) in [6, 6.07) is 12.0. The molecule has 3 nitrogen and oxygen atoms in total. The average molecular weight is 376 g/mol. The molecular formula is C19H16Cl2FN3. The van der Waals surface area contributed by atoms with E-state index in [0.29, 0.717) is 21.3 Å². The van der Waals surface area contributed by atoms with E-state index in [1.165, 1.54) is 6.07 Å². The molecule has 2 heterocycles. The Morgan fingerprint density at radius 3 is 2.56 bits per heavy atom. The summed E-state index contributed by atoms with van der Waals surface area (Å²) in [5.74, 6) is 0.609. The number of benzene rings is 2. The third kappa shape index (κ3) is 3.12. The van der Waals surface area contributed by atoms with Crippen molar-refractivity contribution in [1.82, 2.24) is 9.78 Å². The zero-order valence-corrected chi connectivity index (χ0v) is 14.9. The number of aromatic nitrogens is 2. The topological polar surface area (TPSA) is 29.9 Å². The number of hydrogen-bond acceptors (Lipinski definition) is 2. The van der Waals surface area contributed by atoms with Crippen LogP contribution in [0, 0.1) is 5.82 Å². The van der Waals surface area contributed by atoms with Gasteiger partial charge < -0.3 is 5.32 Å². The second-order valence-corrected chi connectivity index (χ2v) is 6.95. The third-order valence-corrected chi connectivity index (χ3v) is 4.79. The molecule has 0 spiro atoms. The van der Waals surface area contributed by atoms with Gasteiger partial charge in [-0.05, 0) is 49.6 Å². The first-order valence-corrected chi connectivity index (χ1v) is 8.96. The van der Waals surface area contributed by atoms with Crippen molar-refractivity contribution < 1.29 is 4.39 Å². The highest BCUT2D eigenvalue weighted by atomic mass is 35.5. The van der Waals surface area contributed by atoms with Crippen LogP contribution < -0.4 is 5.32 Å². The lowest BCUT2D eigenvalue weighted by atomic mass is 10.0. The van der Waals surface area contributed by atoms with E-state index in [1.807, 2.05) is 6.07 Å². The van der Waals surface area contributed by atoms with Gasteiger partial charge in [0.25, 0.3) is 0 Å². The second kappa shape index (κ2) is 6.70. The fourth-order valence-corrected chi connectivity index (χ4v) is 3.73. The Hall–Kier alpha value is -2.04. The molecular weight excluding hydrogens is 360 g/mol. The summed E-state index contributed by atoms with van der Waals surface area (Å²) >= 11 is 12.3. The monoisotopic (exact) mass is 375 g/mol. The Bertz CT molecular complexity index is 916. The molecule has 1 aliphatic rings. The van der Waals surface area contributed by atoms with E-state index in [2.05, 4.69) is 5.32 Å². The molecule has 0 unspecified atom stereocenters. The molecule has 3 aromatic rings. The zero-order valence-electron chi connectivity index (χ0n) is 13.4. The van der Waals surface area contributed by atoms with Gasteiger partial charge in [0, 0.05) is 27.7 Å². The molecule has 6 heteroatoms. The van der Waals surface area contributed by atoms with Crippen LogP contribution in [-0.4, -0.2) is 16.3 Å². The predicted molar refractivity (Wildman–Crippen MR) is 100 cm³/mol. The van der Waals surface area contributed by atoms with Crippen LogP contribution in [0.25, 0.3) is 16.9 Å². The van der Waals surface area contributed by atoms with Crippen LogP contribution >= 0.6 is 23.2 Å². The third-order valence-electron chi connectivity index (χ3n) is 4.35. The van der Waals surface area contributed by atoms with Crippen LogP contribution in [0.15, 0.2) is 42.5 Å². The van der Waals surface area contributed by atoms with E-state index in [1.54, 1.807) is 35.0 Å². The van der Waals surface area contributed by atoms with E-state index < -0.39 is 0 Å². The summed E-state index contributed by atoms with van der Waals surface area (Å²) in [6.07, 6.45) is 2.94. The highest BCUT2D eigenvalue weighted by Crippen LogP contribution is 2.35. The summed E-state index contributed by atoms with van der Waals surface area (Å²) in [4.78, 5) is 0. The Balaban J connectivity index is 1.95. The molecule has 0 bridgehead atoms. The molecule has 4 rings (SSSR count). The summed E-state index contributed by atoms with van der Waals surface area (Å²) < 4.78 is 16.2. The maximum atomic E-state index is 14.4. The van der Waals surface area contributed by atoms with E-state index in [-0.39, 0.29) is 5.82 Å². The molecule has 0 saturated heterocycles. The largest absolute Gasteiger partial charge is 0.370 e. The highest BCUT2D eigenvalue weighted by Gasteiger charge is 2.23. The fraction of sp³-hybridized carbons (Fsp3) is 0.211. The van der Waals surface area contributed by atoms with Crippen LogP contribution in [0.3, 0.4) is 0 Å². The van der Waals surface area contributed by atoms with Crippen LogP contribution in [0.2, 0.25) is 10.0 Å². The summed E-state index contributed by atoms with van der Waals surface area (Å²) in [5.41, 5.74) is 2.96. The SMILES string of the molecule is Fc1ccccc1-c1nn(-c2cc(Cl)cc(Cl)c2)c2c1CCCCN2. The Kier molecular flexibility index (Phi) is 4.40. The van der Waals surface area contributed by atoms with Crippen molar-refractivity contribution in [3.05, 3.63) is 63.9 Å². The Morgan fingerprint density at radius 1 is 1.04 bits per heavy atom. The molecule has 1 N–H and O–H groups in total. The second-order valence-electron chi connectivity index (χ2n) is 6.08. The quantitative estimate of drug-likeness (QED) is 0.619. The number of rotatable bonds is 2. The van der Waals surface area contributed by atoms with Crippen molar-refractivity contribution >= 4 is 29.0 Å². The van der Waals surface area contributed by atoms with Gasteiger partial charge in [-0.25, -0.2) is 9.07 Å².